The lowest BCUT2D eigenvalue weighted by molar-refractivity contribution is -0.143. The molecular formula is C22H22O5. The molecule has 1 heterocycles. The molecule has 0 bridgehead atoms. The highest BCUT2D eigenvalue weighted by molar-refractivity contribution is 6.15. The fourth-order valence-corrected chi connectivity index (χ4v) is 2.61. The van der Waals surface area contributed by atoms with Gasteiger partial charge in [0.1, 0.15) is 17.2 Å². The van der Waals surface area contributed by atoms with Gasteiger partial charge in [-0.05, 0) is 63.6 Å². The lowest BCUT2D eigenvalue weighted by atomic mass is 9.97. The summed E-state index contributed by atoms with van der Waals surface area (Å²) in [4.78, 5) is 24.8. The molecule has 1 aliphatic rings. The molecular weight excluding hydrogens is 344 g/mol. The third-order valence-electron chi connectivity index (χ3n) is 4.24. The van der Waals surface area contributed by atoms with E-state index in [0.29, 0.717) is 28.4 Å². The molecule has 0 aromatic heterocycles. The molecule has 0 unspecified atom stereocenters. The van der Waals surface area contributed by atoms with Crippen molar-refractivity contribution in [2.75, 3.05) is 7.11 Å². The molecule has 0 spiro atoms. The van der Waals surface area contributed by atoms with Gasteiger partial charge in [0.05, 0.1) is 18.1 Å². The quantitative estimate of drug-likeness (QED) is 0.452. The van der Waals surface area contributed by atoms with Crippen LogP contribution in [0, 0.1) is 12.3 Å². The minimum Gasteiger partial charge on any atom is -0.497 e. The largest absolute Gasteiger partial charge is 0.497 e. The Bertz CT molecular complexity index is 948. The summed E-state index contributed by atoms with van der Waals surface area (Å²) in [6.07, 6.45) is 1.67. The normalized spacial score (nSPS) is 14.7. The summed E-state index contributed by atoms with van der Waals surface area (Å²) in [7, 11) is 1.59. The average Bonchev–Trinajstić information content (AvgIpc) is 2.93. The molecule has 5 nitrogen and oxygen atoms in total. The molecule has 0 N–H and O–H groups in total. The highest BCUT2D eigenvalue weighted by atomic mass is 16.5. The van der Waals surface area contributed by atoms with Gasteiger partial charge < -0.3 is 14.2 Å². The number of ketones is 1. The predicted molar refractivity (Wildman–Crippen MR) is 102 cm³/mol. The van der Waals surface area contributed by atoms with Crippen molar-refractivity contribution in [3.05, 3.63) is 58.8 Å². The number of Topliss-reactive ketones (excluding diaryl/α,β-unsaturated/α-hetero) is 1. The van der Waals surface area contributed by atoms with E-state index in [9.17, 15) is 9.59 Å². The zero-order valence-electron chi connectivity index (χ0n) is 16.1. The van der Waals surface area contributed by atoms with Crippen LogP contribution in [0.3, 0.4) is 0 Å². The maximum atomic E-state index is 12.7. The number of esters is 1. The van der Waals surface area contributed by atoms with Crippen LogP contribution in [0.2, 0.25) is 0 Å². The Morgan fingerprint density at radius 3 is 2.56 bits per heavy atom. The van der Waals surface area contributed by atoms with Gasteiger partial charge in [-0.1, -0.05) is 12.1 Å². The van der Waals surface area contributed by atoms with Crippen molar-refractivity contribution >= 4 is 17.8 Å². The first-order valence-corrected chi connectivity index (χ1v) is 8.65. The second kappa shape index (κ2) is 6.91. The van der Waals surface area contributed by atoms with E-state index in [2.05, 4.69) is 0 Å². The zero-order chi connectivity index (χ0) is 19.8. The summed E-state index contributed by atoms with van der Waals surface area (Å²) < 4.78 is 16.5. The van der Waals surface area contributed by atoms with Crippen LogP contribution in [-0.4, -0.2) is 18.9 Å². The number of hydrogen-bond acceptors (Lipinski definition) is 5. The molecule has 0 aliphatic carbocycles. The molecule has 1 aliphatic heterocycles. The van der Waals surface area contributed by atoms with Gasteiger partial charge in [-0.3, -0.25) is 9.59 Å². The second-order valence-electron chi connectivity index (χ2n) is 7.42. The van der Waals surface area contributed by atoms with Gasteiger partial charge >= 0.3 is 5.97 Å². The van der Waals surface area contributed by atoms with E-state index in [-0.39, 0.29) is 17.5 Å². The van der Waals surface area contributed by atoms with Crippen molar-refractivity contribution in [3.8, 4) is 17.2 Å². The van der Waals surface area contributed by atoms with Gasteiger partial charge in [0.25, 0.3) is 0 Å². The molecule has 140 valence electrons. The second-order valence-corrected chi connectivity index (χ2v) is 7.42. The van der Waals surface area contributed by atoms with Gasteiger partial charge in [-0.2, -0.15) is 0 Å². The fraction of sp³-hybridized carbons (Fsp3) is 0.273. The van der Waals surface area contributed by atoms with E-state index < -0.39 is 5.41 Å². The highest BCUT2D eigenvalue weighted by Crippen LogP contribution is 2.39. The molecule has 0 atom stereocenters. The van der Waals surface area contributed by atoms with Gasteiger partial charge in [0, 0.05) is 5.56 Å². The minimum absolute atomic E-state index is 0.204. The van der Waals surface area contributed by atoms with Crippen molar-refractivity contribution in [3.63, 3.8) is 0 Å². The Kier molecular flexibility index (Phi) is 4.79. The third kappa shape index (κ3) is 3.72. The monoisotopic (exact) mass is 366 g/mol. The van der Waals surface area contributed by atoms with E-state index in [1.165, 1.54) is 0 Å². The number of hydrogen-bond donors (Lipinski definition) is 0. The van der Waals surface area contributed by atoms with Crippen LogP contribution in [-0.2, 0) is 4.79 Å². The van der Waals surface area contributed by atoms with Crippen LogP contribution < -0.4 is 14.2 Å². The van der Waals surface area contributed by atoms with Crippen molar-refractivity contribution in [1.29, 1.82) is 0 Å². The molecule has 0 saturated heterocycles. The molecule has 27 heavy (non-hydrogen) atoms. The van der Waals surface area contributed by atoms with Gasteiger partial charge in [-0.15, -0.1) is 0 Å². The fourth-order valence-electron chi connectivity index (χ4n) is 2.61. The van der Waals surface area contributed by atoms with E-state index >= 15 is 0 Å². The number of methoxy groups -OCH3 is 1. The van der Waals surface area contributed by atoms with Gasteiger partial charge in [0.15, 0.2) is 5.76 Å². The number of rotatable bonds is 3. The number of carbonyl (C=O) groups is 2. The Balaban J connectivity index is 1.92. The van der Waals surface area contributed by atoms with Crippen LogP contribution in [0.15, 0.2) is 42.2 Å². The lowest BCUT2D eigenvalue weighted by Gasteiger charge is -2.17. The van der Waals surface area contributed by atoms with Crippen molar-refractivity contribution in [2.45, 2.75) is 27.7 Å². The van der Waals surface area contributed by atoms with Gasteiger partial charge in [0.2, 0.25) is 5.78 Å². The van der Waals surface area contributed by atoms with E-state index in [4.69, 9.17) is 14.2 Å². The van der Waals surface area contributed by atoms with Gasteiger partial charge in [-0.25, -0.2) is 0 Å². The summed E-state index contributed by atoms with van der Waals surface area (Å²) in [5.74, 6) is 1.18. The number of ether oxygens (including phenoxy) is 3. The number of benzene rings is 2. The molecule has 2 aromatic rings. The van der Waals surface area contributed by atoms with Crippen LogP contribution in [0.1, 0.15) is 42.3 Å². The number of carbonyl (C=O) groups excluding carboxylic acids is 2. The maximum Gasteiger partial charge on any atom is 0.316 e. The summed E-state index contributed by atoms with van der Waals surface area (Å²) in [5, 5.41) is 0. The van der Waals surface area contributed by atoms with Crippen LogP contribution in [0.4, 0.5) is 0 Å². The molecule has 3 rings (SSSR count). The van der Waals surface area contributed by atoms with E-state index in [0.717, 1.165) is 5.56 Å². The highest BCUT2D eigenvalue weighted by Gasteiger charge is 2.31. The van der Waals surface area contributed by atoms with E-state index in [1.54, 1.807) is 53.0 Å². The Morgan fingerprint density at radius 1 is 1.15 bits per heavy atom. The lowest BCUT2D eigenvalue weighted by Crippen LogP contribution is -2.25. The SMILES string of the molecule is COc1cccc(/C=C2\Oc3c(ccc(OC(=O)C(C)(C)C)c3C)C2=O)c1. The maximum absolute atomic E-state index is 12.7. The van der Waals surface area contributed by atoms with Crippen LogP contribution in [0.5, 0.6) is 17.2 Å². The minimum atomic E-state index is -0.625. The molecule has 2 aromatic carbocycles. The van der Waals surface area contributed by atoms with E-state index in [1.807, 2.05) is 24.3 Å². The predicted octanol–water partition coefficient (Wildman–Crippen LogP) is 4.57. The van der Waals surface area contributed by atoms with Crippen LogP contribution in [0.25, 0.3) is 6.08 Å². The first kappa shape index (κ1) is 18.7. The summed E-state index contributed by atoms with van der Waals surface area (Å²) in [5.41, 5.74) is 1.24. The molecule has 0 fully saturated rings. The number of allylic oxidation sites excluding steroid dienone is 1. The average molecular weight is 366 g/mol. The molecule has 0 saturated carbocycles. The molecule has 0 amide bonds. The standard InChI is InChI=1S/C22H22O5/c1-13-17(27-21(24)22(2,3)4)10-9-16-19(23)18(26-20(13)16)12-14-7-6-8-15(11-14)25-5/h6-12H,1-5H3/b18-12-. The van der Waals surface area contributed by atoms with Crippen LogP contribution >= 0.6 is 0 Å². The Labute approximate surface area is 158 Å². The zero-order valence-corrected chi connectivity index (χ0v) is 16.1. The smallest absolute Gasteiger partial charge is 0.316 e. The Morgan fingerprint density at radius 2 is 1.89 bits per heavy atom. The molecule has 5 heteroatoms. The van der Waals surface area contributed by atoms with Crippen molar-refractivity contribution in [1.82, 2.24) is 0 Å². The third-order valence-corrected chi connectivity index (χ3v) is 4.24. The van der Waals surface area contributed by atoms with Crippen molar-refractivity contribution < 1.29 is 23.8 Å². The first-order chi connectivity index (χ1) is 12.7. The number of fused-ring (bicyclic) bond motifs is 1. The summed E-state index contributed by atoms with van der Waals surface area (Å²) >= 11 is 0. The molecule has 0 radical (unpaired) electrons. The summed E-state index contributed by atoms with van der Waals surface area (Å²) in [6, 6.07) is 10.6. The summed E-state index contributed by atoms with van der Waals surface area (Å²) in [6.45, 7) is 7.12. The van der Waals surface area contributed by atoms with Crippen molar-refractivity contribution in [2.24, 2.45) is 5.41 Å². The Hall–Kier alpha value is -3.08. The first-order valence-electron chi connectivity index (χ1n) is 8.65. The topological polar surface area (TPSA) is 61.8 Å².